The van der Waals surface area contributed by atoms with Gasteiger partial charge in [0, 0.05) is 30.9 Å². The summed E-state index contributed by atoms with van der Waals surface area (Å²) in [4.78, 5) is 13.5. The first kappa shape index (κ1) is 14.4. The molecular formula is C18H26N2O. The Morgan fingerprint density at radius 2 is 1.90 bits per heavy atom. The van der Waals surface area contributed by atoms with Crippen molar-refractivity contribution in [2.24, 2.45) is 11.8 Å². The predicted molar refractivity (Wildman–Crippen MR) is 87.8 cm³/mol. The second kappa shape index (κ2) is 5.70. The molecule has 3 rings (SSSR count). The zero-order valence-corrected chi connectivity index (χ0v) is 13.4. The van der Waals surface area contributed by atoms with Crippen molar-refractivity contribution < 1.29 is 4.79 Å². The van der Waals surface area contributed by atoms with Gasteiger partial charge < -0.3 is 10.2 Å². The lowest BCUT2D eigenvalue weighted by molar-refractivity contribution is -0.116. The number of carbonyl (C=O) groups is 1. The highest BCUT2D eigenvalue weighted by atomic mass is 16.2. The molecule has 114 valence electrons. The number of nitrogens with zero attached hydrogens (tertiary/aromatic N) is 1. The number of hydrogen-bond acceptors (Lipinski definition) is 2. The molecule has 1 aliphatic carbocycles. The Hall–Kier alpha value is -1.51. The quantitative estimate of drug-likeness (QED) is 0.896. The van der Waals surface area contributed by atoms with Crippen molar-refractivity contribution in [2.45, 2.75) is 52.5 Å². The van der Waals surface area contributed by atoms with Gasteiger partial charge in [0.1, 0.15) is 0 Å². The fraction of sp³-hybridized carbons (Fsp3) is 0.611. The van der Waals surface area contributed by atoms with Gasteiger partial charge in [0.05, 0.1) is 0 Å². The van der Waals surface area contributed by atoms with Gasteiger partial charge in [0.15, 0.2) is 0 Å². The third-order valence-corrected chi connectivity index (χ3v) is 4.90. The average Bonchev–Trinajstić information content (AvgIpc) is 2.80. The van der Waals surface area contributed by atoms with Crippen molar-refractivity contribution in [3.63, 3.8) is 0 Å². The maximum Gasteiger partial charge on any atom is 0.223 e. The van der Waals surface area contributed by atoms with Gasteiger partial charge in [-0.25, -0.2) is 0 Å². The molecule has 2 aliphatic rings. The minimum absolute atomic E-state index is 0.143. The molecule has 0 bridgehead atoms. The van der Waals surface area contributed by atoms with E-state index < -0.39 is 0 Å². The highest BCUT2D eigenvalue weighted by molar-refractivity contribution is 5.94. The summed E-state index contributed by atoms with van der Waals surface area (Å²) in [5.41, 5.74) is 3.61. The predicted octanol–water partition coefficient (Wildman–Crippen LogP) is 3.83. The van der Waals surface area contributed by atoms with Gasteiger partial charge in [-0.05, 0) is 61.3 Å². The summed E-state index contributed by atoms with van der Waals surface area (Å²) in [5, 5.41) is 3.71. The molecule has 1 fully saturated rings. The first-order chi connectivity index (χ1) is 10.0. The molecule has 1 amide bonds. The monoisotopic (exact) mass is 286 g/mol. The fourth-order valence-electron chi connectivity index (χ4n) is 4.12. The molecule has 0 spiro atoms. The van der Waals surface area contributed by atoms with Gasteiger partial charge >= 0.3 is 0 Å². The van der Waals surface area contributed by atoms with E-state index in [1.807, 2.05) is 4.90 Å². The summed E-state index contributed by atoms with van der Waals surface area (Å²) in [6.45, 7) is 7.19. The minimum atomic E-state index is 0.143. The van der Waals surface area contributed by atoms with Gasteiger partial charge in [-0.15, -0.1) is 0 Å². The highest BCUT2D eigenvalue weighted by Crippen LogP contribution is 2.33. The standard InChI is InChI=1S/C18H26N2O/c1-12-8-13(2)10-17(9-12)19-16-4-5-18-15(11-16)6-7-20(18)14(3)21/h4-5,11-13,17,19H,6-10H2,1-3H3. The topological polar surface area (TPSA) is 32.3 Å². The van der Waals surface area contributed by atoms with Crippen molar-refractivity contribution in [2.75, 3.05) is 16.8 Å². The molecule has 3 heteroatoms. The van der Waals surface area contributed by atoms with Gasteiger partial charge in [-0.2, -0.15) is 0 Å². The lowest BCUT2D eigenvalue weighted by Gasteiger charge is -2.32. The lowest BCUT2D eigenvalue weighted by atomic mass is 9.80. The molecule has 0 aromatic heterocycles. The zero-order chi connectivity index (χ0) is 15.0. The Balaban J connectivity index is 1.72. The summed E-state index contributed by atoms with van der Waals surface area (Å²) in [6, 6.07) is 7.06. The maximum absolute atomic E-state index is 11.6. The van der Waals surface area contributed by atoms with Crippen LogP contribution in [0.2, 0.25) is 0 Å². The van der Waals surface area contributed by atoms with Crippen LogP contribution < -0.4 is 10.2 Å². The molecule has 21 heavy (non-hydrogen) atoms. The Morgan fingerprint density at radius 3 is 2.57 bits per heavy atom. The molecule has 0 radical (unpaired) electrons. The van der Waals surface area contributed by atoms with Crippen molar-refractivity contribution in [3.8, 4) is 0 Å². The van der Waals surface area contributed by atoms with Crippen LogP contribution in [0.1, 0.15) is 45.6 Å². The van der Waals surface area contributed by atoms with E-state index in [9.17, 15) is 4.79 Å². The number of hydrogen-bond donors (Lipinski definition) is 1. The number of nitrogens with one attached hydrogen (secondary N) is 1. The second-order valence-electron chi connectivity index (χ2n) is 7.02. The molecule has 2 atom stereocenters. The van der Waals surface area contributed by atoms with Crippen LogP contribution in [0.25, 0.3) is 0 Å². The van der Waals surface area contributed by atoms with Crippen LogP contribution in [-0.2, 0) is 11.2 Å². The van der Waals surface area contributed by atoms with Gasteiger partial charge in [-0.3, -0.25) is 4.79 Å². The van der Waals surface area contributed by atoms with Crippen LogP contribution in [0.15, 0.2) is 18.2 Å². The molecular weight excluding hydrogens is 260 g/mol. The Kier molecular flexibility index (Phi) is 3.92. The first-order valence-electron chi connectivity index (χ1n) is 8.20. The van der Waals surface area contributed by atoms with Crippen LogP contribution in [-0.4, -0.2) is 18.5 Å². The average molecular weight is 286 g/mol. The number of anilines is 2. The molecule has 1 aromatic rings. The summed E-state index contributed by atoms with van der Waals surface area (Å²) in [7, 11) is 0. The summed E-state index contributed by atoms with van der Waals surface area (Å²) in [6.07, 6.45) is 4.86. The third kappa shape index (κ3) is 3.07. The Bertz CT molecular complexity index is 530. The van der Waals surface area contributed by atoms with E-state index in [-0.39, 0.29) is 5.91 Å². The van der Waals surface area contributed by atoms with E-state index in [2.05, 4.69) is 37.4 Å². The second-order valence-corrected chi connectivity index (χ2v) is 7.02. The first-order valence-corrected chi connectivity index (χ1v) is 8.20. The van der Waals surface area contributed by atoms with Gasteiger partial charge in [0.25, 0.3) is 0 Å². The number of fused-ring (bicyclic) bond motifs is 1. The maximum atomic E-state index is 11.6. The smallest absolute Gasteiger partial charge is 0.223 e. The van der Waals surface area contributed by atoms with Gasteiger partial charge in [-0.1, -0.05) is 13.8 Å². The largest absolute Gasteiger partial charge is 0.382 e. The molecule has 1 aliphatic heterocycles. The van der Waals surface area contributed by atoms with Crippen LogP contribution in [0, 0.1) is 11.8 Å². The minimum Gasteiger partial charge on any atom is -0.382 e. The number of carbonyl (C=O) groups excluding carboxylic acids is 1. The molecule has 1 saturated carbocycles. The molecule has 2 unspecified atom stereocenters. The third-order valence-electron chi connectivity index (χ3n) is 4.90. The van der Waals surface area contributed by atoms with Crippen LogP contribution in [0.3, 0.4) is 0 Å². The van der Waals surface area contributed by atoms with Gasteiger partial charge in [0.2, 0.25) is 5.91 Å². The van der Waals surface area contributed by atoms with E-state index in [0.29, 0.717) is 6.04 Å². The van der Waals surface area contributed by atoms with E-state index in [1.165, 1.54) is 30.5 Å². The normalized spacial score (nSPS) is 28.3. The zero-order valence-electron chi connectivity index (χ0n) is 13.4. The molecule has 3 nitrogen and oxygen atoms in total. The summed E-state index contributed by atoms with van der Waals surface area (Å²) in [5.74, 6) is 1.77. The Labute approximate surface area is 127 Å². The molecule has 1 N–H and O–H groups in total. The fourth-order valence-corrected chi connectivity index (χ4v) is 4.12. The Morgan fingerprint density at radius 1 is 1.19 bits per heavy atom. The number of benzene rings is 1. The summed E-state index contributed by atoms with van der Waals surface area (Å²) < 4.78 is 0. The molecule has 0 saturated heterocycles. The number of rotatable bonds is 2. The lowest BCUT2D eigenvalue weighted by Crippen LogP contribution is -2.30. The van der Waals surface area contributed by atoms with E-state index in [0.717, 1.165) is 30.5 Å². The van der Waals surface area contributed by atoms with Crippen LogP contribution in [0.5, 0.6) is 0 Å². The molecule has 1 heterocycles. The van der Waals surface area contributed by atoms with E-state index in [4.69, 9.17) is 0 Å². The van der Waals surface area contributed by atoms with Crippen molar-refractivity contribution in [1.29, 1.82) is 0 Å². The van der Waals surface area contributed by atoms with Crippen LogP contribution >= 0.6 is 0 Å². The molecule has 1 aromatic carbocycles. The highest BCUT2D eigenvalue weighted by Gasteiger charge is 2.25. The SMILES string of the molecule is CC(=O)N1CCc2cc(NC3CC(C)CC(C)C3)ccc21. The van der Waals surface area contributed by atoms with E-state index >= 15 is 0 Å². The van der Waals surface area contributed by atoms with E-state index in [1.54, 1.807) is 6.92 Å². The van der Waals surface area contributed by atoms with Crippen molar-refractivity contribution >= 4 is 17.3 Å². The van der Waals surface area contributed by atoms with Crippen molar-refractivity contribution in [1.82, 2.24) is 0 Å². The van der Waals surface area contributed by atoms with Crippen LogP contribution in [0.4, 0.5) is 11.4 Å². The summed E-state index contributed by atoms with van der Waals surface area (Å²) >= 11 is 0. The van der Waals surface area contributed by atoms with Crippen molar-refractivity contribution in [3.05, 3.63) is 23.8 Å². The number of amides is 1.